The van der Waals surface area contributed by atoms with Crippen molar-refractivity contribution in [1.29, 1.82) is 0 Å². The van der Waals surface area contributed by atoms with Crippen molar-refractivity contribution in [3.05, 3.63) is 12.0 Å². The highest BCUT2D eigenvalue weighted by Gasteiger charge is 2.17. The fourth-order valence-corrected chi connectivity index (χ4v) is 2.22. The van der Waals surface area contributed by atoms with Gasteiger partial charge >= 0.3 is 0 Å². The van der Waals surface area contributed by atoms with Gasteiger partial charge in [-0.25, -0.2) is 4.98 Å². The average Bonchev–Trinajstić information content (AvgIpc) is 2.63. The van der Waals surface area contributed by atoms with E-state index in [0.29, 0.717) is 11.9 Å². The number of anilines is 1. The molecule has 5 heteroatoms. The maximum atomic E-state index is 5.79. The van der Waals surface area contributed by atoms with Crippen LogP contribution in [0.25, 0.3) is 0 Å². The number of hydrogen-bond donors (Lipinski definition) is 1. The van der Waals surface area contributed by atoms with Crippen LogP contribution in [0.1, 0.15) is 25.7 Å². The van der Waals surface area contributed by atoms with Crippen LogP contribution < -0.4 is 5.73 Å². The van der Waals surface area contributed by atoms with E-state index in [1.54, 1.807) is 0 Å². The van der Waals surface area contributed by atoms with Gasteiger partial charge in [0.1, 0.15) is 11.6 Å². The van der Waals surface area contributed by atoms with Crippen LogP contribution in [0.5, 0.6) is 0 Å². The molecule has 17 heavy (non-hydrogen) atoms. The number of hydrogen-bond acceptors (Lipinski definition) is 4. The Morgan fingerprint density at radius 3 is 2.53 bits per heavy atom. The van der Waals surface area contributed by atoms with Gasteiger partial charge in [-0.3, -0.25) is 4.90 Å². The molecule has 0 aromatic carbocycles. The topological polar surface area (TPSA) is 50.3 Å². The van der Waals surface area contributed by atoms with Crippen LogP contribution >= 0.6 is 0 Å². The van der Waals surface area contributed by atoms with Gasteiger partial charge in [0.05, 0.1) is 6.54 Å². The van der Waals surface area contributed by atoms with E-state index >= 15 is 0 Å². The fourth-order valence-electron chi connectivity index (χ4n) is 2.22. The first-order valence-corrected chi connectivity index (χ1v) is 6.30. The van der Waals surface area contributed by atoms with E-state index in [-0.39, 0.29) is 0 Å². The Kier molecular flexibility index (Phi) is 3.69. The third-order valence-corrected chi connectivity index (χ3v) is 3.34. The van der Waals surface area contributed by atoms with Gasteiger partial charge in [-0.15, -0.1) is 0 Å². The van der Waals surface area contributed by atoms with Crippen molar-refractivity contribution in [3.8, 4) is 0 Å². The molecule has 1 aromatic heterocycles. The van der Waals surface area contributed by atoms with E-state index in [4.69, 9.17) is 5.73 Å². The van der Waals surface area contributed by atoms with Crippen LogP contribution in [-0.4, -0.2) is 52.6 Å². The Morgan fingerprint density at radius 1 is 1.29 bits per heavy atom. The molecule has 0 amide bonds. The minimum atomic E-state index is 0.419. The van der Waals surface area contributed by atoms with Crippen molar-refractivity contribution in [2.75, 3.05) is 39.0 Å². The number of nitrogens with two attached hydrogens (primary N) is 1. The highest BCUT2D eigenvalue weighted by atomic mass is 15.3. The molecule has 1 aliphatic rings. The highest BCUT2D eigenvalue weighted by molar-refractivity contribution is 5.26. The van der Waals surface area contributed by atoms with Crippen molar-refractivity contribution in [3.63, 3.8) is 0 Å². The number of nitrogens with zero attached hydrogens (tertiary/aromatic N) is 4. The summed E-state index contributed by atoms with van der Waals surface area (Å²) < 4.78 is 2.17. The lowest BCUT2D eigenvalue weighted by Gasteiger charge is -2.32. The lowest BCUT2D eigenvalue weighted by Crippen LogP contribution is -2.44. The van der Waals surface area contributed by atoms with E-state index < -0.39 is 0 Å². The molecule has 0 radical (unpaired) electrons. The second-order valence-corrected chi connectivity index (χ2v) is 5.16. The van der Waals surface area contributed by atoms with Crippen LogP contribution in [0.4, 0.5) is 5.82 Å². The normalized spacial score (nSPS) is 19.1. The maximum Gasteiger partial charge on any atom is 0.141 e. The molecule has 0 saturated carbocycles. The van der Waals surface area contributed by atoms with Gasteiger partial charge in [0.15, 0.2) is 0 Å². The molecule has 2 heterocycles. The maximum absolute atomic E-state index is 5.79. The van der Waals surface area contributed by atoms with Crippen molar-refractivity contribution in [1.82, 2.24) is 19.4 Å². The Bertz CT molecular complexity index is 363. The first-order valence-electron chi connectivity index (χ1n) is 6.30. The first kappa shape index (κ1) is 12.4. The Morgan fingerprint density at radius 2 is 1.94 bits per heavy atom. The zero-order chi connectivity index (χ0) is 12.4. The predicted molar refractivity (Wildman–Crippen MR) is 69.8 cm³/mol. The number of likely N-dealkylation sites (N-methyl/N-ethyl adjacent to an activating group) is 1. The third-order valence-electron chi connectivity index (χ3n) is 3.34. The van der Waals surface area contributed by atoms with Gasteiger partial charge in [-0.1, -0.05) is 0 Å². The molecule has 0 bridgehead atoms. The summed E-state index contributed by atoms with van der Waals surface area (Å²) >= 11 is 0. The zero-order valence-electron chi connectivity index (χ0n) is 11.1. The molecular formula is C12H23N5. The minimum absolute atomic E-state index is 0.419. The SMILES string of the molecule is CC(C)n1cc(N)nc1CN1CCN(C)CC1. The monoisotopic (exact) mass is 237 g/mol. The first-order chi connectivity index (χ1) is 8.06. The van der Waals surface area contributed by atoms with Gasteiger partial charge in [0.25, 0.3) is 0 Å². The summed E-state index contributed by atoms with van der Waals surface area (Å²) in [5.41, 5.74) is 5.79. The fraction of sp³-hybridized carbons (Fsp3) is 0.750. The van der Waals surface area contributed by atoms with Gasteiger partial charge in [-0.2, -0.15) is 0 Å². The summed E-state index contributed by atoms with van der Waals surface area (Å²) in [6, 6.07) is 0.419. The highest BCUT2D eigenvalue weighted by Crippen LogP contribution is 2.15. The summed E-state index contributed by atoms with van der Waals surface area (Å²) in [7, 11) is 2.17. The van der Waals surface area contributed by atoms with Crippen LogP contribution in [0.3, 0.4) is 0 Å². The van der Waals surface area contributed by atoms with E-state index in [1.165, 1.54) is 0 Å². The van der Waals surface area contributed by atoms with Crippen molar-refractivity contribution >= 4 is 5.82 Å². The molecule has 2 rings (SSSR count). The summed E-state index contributed by atoms with van der Waals surface area (Å²) in [6.45, 7) is 9.73. The molecular weight excluding hydrogens is 214 g/mol. The predicted octanol–water partition coefficient (Wildman–Crippen LogP) is 0.794. The molecule has 0 spiro atoms. The Hall–Kier alpha value is -1.07. The van der Waals surface area contributed by atoms with Gasteiger partial charge < -0.3 is 15.2 Å². The second kappa shape index (κ2) is 5.06. The number of nitrogen functional groups attached to an aromatic ring is 1. The summed E-state index contributed by atoms with van der Waals surface area (Å²) in [5.74, 6) is 1.71. The third kappa shape index (κ3) is 2.98. The molecule has 2 N–H and O–H groups in total. The van der Waals surface area contributed by atoms with Gasteiger partial charge in [0, 0.05) is 38.4 Å². The second-order valence-electron chi connectivity index (χ2n) is 5.16. The molecule has 1 aromatic rings. The smallest absolute Gasteiger partial charge is 0.141 e. The number of piperazine rings is 1. The van der Waals surface area contributed by atoms with Crippen molar-refractivity contribution in [2.24, 2.45) is 0 Å². The molecule has 1 fully saturated rings. The summed E-state index contributed by atoms with van der Waals surface area (Å²) in [4.78, 5) is 9.24. The average molecular weight is 237 g/mol. The molecule has 0 atom stereocenters. The molecule has 0 unspecified atom stereocenters. The summed E-state index contributed by atoms with van der Waals surface area (Å²) in [6.07, 6.45) is 1.94. The Labute approximate surface area is 103 Å². The van der Waals surface area contributed by atoms with Gasteiger partial charge in [0.2, 0.25) is 0 Å². The number of imidazole rings is 1. The van der Waals surface area contributed by atoms with Crippen LogP contribution in [-0.2, 0) is 6.54 Å². The zero-order valence-corrected chi connectivity index (χ0v) is 11.1. The molecule has 1 saturated heterocycles. The number of aromatic nitrogens is 2. The van der Waals surface area contributed by atoms with E-state index in [0.717, 1.165) is 38.5 Å². The van der Waals surface area contributed by atoms with Crippen LogP contribution in [0, 0.1) is 0 Å². The molecule has 0 aliphatic carbocycles. The lowest BCUT2D eigenvalue weighted by molar-refractivity contribution is 0.143. The Balaban J connectivity index is 2.03. The molecule has 5 nitrogen and oxygen atoms in total. The quantitative estimate of drug-likeness (QED) is 0.844. The van der Waals surface area contributed by atoms with Crippen LogP contribution in [0.15, 0.2) is 6.20 Å². The van der Waals surface area contributed by atoms with Crippen molar-refractivity contribution < 1.29 is 0 Å². The number of rotatable bonds is 3. The standard InChI is InChI=1S/C12H23N5/c1-10(2)17-8-11(13)14-12(17)9-16-6-4-15(3)5-7-16/h8,10H,4-7,9,13H2,1-3H3. The lowest BCUT2D eigenvalue weighted by atomic mass is 10.3. The van der Waals surface area contributed by atoms with Crippen LogP contribution in [0.2, 0.25) is 0 Å². The minimum Gasteiger partial charge on any atom is -0.382 e. The molecule has 96 valence electrons. The van der Waals surface area contributed by atoms with Gasteiger partial charge in [-0.05, 0) is 20.9 Å². The summed E-state index contributed by atoms with van der Waals surface area (Å²) in [5, 5.41) is 0. The molecule has 1 aliphatic heterocycles. The van der Waals surface area contributed by atoms with Crippen molar-refractivity contribution in [2.45, 2.75) is 26.4 Å². The van der Waals surface area contributed by atoms with E-state index in [1.807, 2.05) is 6.20 Å². The largest absolute Gasteiger partial charge is 0.382 e. The van der Waals surface area contributed by atoms with E-state index in [9.17, 15) is 0 Å². The van der Waals surface area contributed by atoms with E-state index in [2.05, 4.69) is 40.2 Å².